The maximum Gasteiger partial charge on any atom is 0.262 e. The maximum absolute atomic E-state index is 12.5. The number of hydrogen-bond donors (Lipinski definition) is 3. The van der Waals surface area contributed by atoms with Gasteiger partial charge in [0.2, 0.25) is 0 Å². The number of fused-ring (bicyclic) bond motifs is 1. The zero-order valence-corrected chi connectivity index (χ0v) is 13.1. The lowest BCUT2D eigenvalue weighted by Crippen LogP contribution is -2.45. The third-order valence-corrected chi connectivity index (χ3v) is 4.66. The predicted molar refractivity (Wildman–Crippen MR) is 87.5 cm³/mol. The number of carbonyl (C=O) groups is 2. The van der Waals surface area contributed by atoms with Gasteiger partial charge >= 0.3 is 0 Å². The lowest BCUT2D eigenvalue weighted by molar-refractivity contribution is -0.118. The normalized spacial score (nSPS) is 19.3. The second kappa shape index (κ2) is 7.00. The second-order valence-electron chi connectivity index (χ2n) is 6.26. The van der Waals surface area contributed by atoms with Gasteiger partial charge < -0.3 is 21.1 Å². The number of nitrogens with two attached hydrogens (primary N) is 1. The van der Waals surface area contributed by atoms with E-state index >= 15 is 0 Å². The van der Waals surface area contributed by atoms with E-state index in [2.05, 4.69) is 10.6 Å². The minimum absolute atomic E-state index is 0.00433. The summed E-state index contributed by atoms with van der Waals surface area (Å²) in [5, 5.41) is 5.77. The molecule has 1 aromatic rings. The van der Waals surface area contributed by atoms with Gasteiger partial charge in [-0.25, -0.2) is 0 Å². The van der Waals surface area contributed by atoms with Crippen LogP contribution in [-0.4, -0.2) is 31.0 Å². The van der Waals surface area contributed by atoms with Crippen LogP contribution in [0.2, 0.25) is 0 Å². The Labute approximate surface area is 135 Å². The molecule has 0 bridgehead atoms. The molecule has 1 aliphatic heterocycles. The van der Waals surface area contributed by atoms with Crippen LogP contribution >= 0.6 is 0 Å². The van der Waals surface area contributed by atoms with Gasteiger partial charge in [0.1, 0.15) is 5.75 Å². The summed E-state index contributed by atoms with van der Waals surface area (Å²) in [4.78, 5) is 23.9. The summed E-state index contributed by atoms with van der Waals surface area (Å²) < 4.78 is 5.30. The number of nitrogens with one attached hydrogen (secondary N) is 2. The molecule has 6 nitrogen and oxygen atoms in total. The third-order valence-electron chi connectivity index (χ3n) is 4.66. The van der Waals surface area contributed by atoms with Crippen LogP contribution < -0.4 is 21.1 Å². The van der Waals surface area contributed by atoms with Crippen LogP contribution in [0.25, 0.3) is 0 Å². The number of hydrogen-bond acceptors (Lipinski definition) is 4. The first-order valence-electron chi connectivity index (χ1n) is 8.25. The van der Waals surface area contributed by atoms with Crippen molar-refractivity contribution in [2.45, 2.75) is 38.1 Å². The Morgan fingerprint density at radius 3 is 2.87 bits per heavy atom. The van der Waals surface area contributed by atoms with Crippen molar-refractivity contribution in [2.24, 2.45) is 11.7 Å². The van der Waals surface area contributed by atoms with E-state index in [1.165, 1.54) is 19.3 Å². The van der Waals surface area contributed by atoms with Gasteiger partial charge in [0, 0.05) is 18.2 Å². The SMILES string of the molecule is NCC(NC(=O)c1ccc2c(c1)NC(=O)CO2)C1CCCCC1. The Hall–Kier alpha value is -2.08. The molecular weight excluding hydrogens is 294 g/mol. The second-order valence-corrected chi connectivity index (χ2v) is 6.26. The lowest BCUT2D eigenvalue weighted by atomic mass is 9.84. The summed E-state index contributed by atoms with van der Waals surface area (Å²) in [7, 11) is 0. The fourth-order valence-electron chi connectivity index (χ4n) is 3.38. The topological polar surface area (TPSA) is 93.5 Å². The third kappa shape index (κ3) is 3.64. The summed E-state index contributed by atoms with van der Waals surface area (Å²) in [6.45, 7) is 0.455. The highest BCUT2D eigenvalue weighted by molar-refractivity contribution is 5.99. The minimum atomic E-state index is -0.211. The molecule has 1 atom stereocenters. The molecule has 1 aromatic carbocycles. The molecule has 1 aliphatic carbocycles. The highest BCUT2D eigenvalue weighted by Gasteiger charge is 2.25. The van der Waals surface area contributed by atoms with Crippen LogP contribution in [-0.2, 0) is 4.79 Å². The van der Waals surface area contributed by atoms with Crippen molar-refractivity contribution < 1.29 is 14.3 Å². The van der Waals surface area contributed by atoms with Gasteiger partial charge in [-0.1, -0.05) is 19.3 Å². The fourth-order valence-corrected chi connectivity index (χ4v) is 3.38. The lowest BCUT2D eigenvalue weighted by Gasteiger charge is -2.30. The molecule has 124 valence electrons. The van der Waals surface area contributed by atoms with Crippen molar-refractivity contribution in [3.63, 3.8) is 0 Å². The van der Waals surface area contributed by atoms with E-state index in [4.69, 9.17) is 10.5 Å². The molecule has 0 saturated heterocycles. The molecule has 1 heterocycles. The Bertz CT molecular complexity index is 597. The zero-order valence-electron chi connectivity index (χ0n) is 13.1. The number of carbonyl (C=O) groups excluding carboxylic acids is 2. The van der Waals surface area contributed by atoms with Crippen molar-refractivity contribution in [1.82, 2.24) is 5.32 Å². The average Bonchev–Trinajstić information content (AvgIpc) is 2.59. The number of amides is 2. The van der Waals surface area contributed by atoms with Crippen LogP contribution in [0, 0.1) is 5.92 Å². The molecule has 3 rings (SSSR count). The molecule has 6 heteroatoms. The first kappa shape index (κ1) is 15.8. The monoisotopic (exact) mass is 317 g/mol. The van der Waals surface area contributed by atoms with E-state index < -0.39 is 0 Å². The first-order chi connectivity index (χ1) is 11.2. The van der Waals surface area contributed by atoms with E-state index in [1.807, 2.05) is 0 Å². The molecule has 1 unspecified atom stereocenters. The standard InChI is InChI=1S/C17H23N3O3/c18-9-14(11-4-2-1-3-5-11)20-17(22)12-6-7-15-13(8-12)19-16(21)10-23-15/h6-8,11,14H,1-5,9-10,18H2,(H,19,21)(H,20,22). The van der Waals surface area contributed by atoms with Crippen LogP contribution in [0.4, 0.5) is 5.69 Å². The number of rotatable bonds is 4. The Morgan fingerprint density at radius 1 is 1.35 bits per heavy atom. The summed E-state index contributed by atoms with van der Waals surface area (Å²) in [6.07, 6.45) is 5.93. The number of anilines is 1. The predicted octanol–water partition coefficient (Wildman–Crippen LogP) is 1.65. The van der Waals surface area contributed by atoms with Crippen molar-refractivity contribution >= 4 is 17.5 Å². The van der Waals surface area contributed by atoms with Crippen LogP contribution in [0.1, 0.15) is 42.5 Å². The van der Waals surface area contributed by atoms with Crippen LogP contribution in [0.3, 0.4) is 0 Å². The molecule has 2 amide bonds. The maximum atomic E-state index is 12.5. The molecule has 23 heavy (non-hydrogen) atoms. The van der Waals surface area contributed by atoms with Gasteiger partial charge in [0.05, 0.1) is 5.69 Å². The number of ether oxygens (including phenoxy) is 1. The van der Waals surface area contributed by atoms with E-state index in [1.54, 1.807) is 18.2 Å². The average molecular weight is 317 g/mol. The molecule has 4 N–H and O–H groups in total. The molecule has 1 saturated carbocycles. The van der Waals surface area contributed by atoms with E-state index in [9.17, 15) is 9.59 Å². The zero-order chi connectivity index (χ0) is 16.2. The van der Waals surface area contributed by atoms with Gasteiger partial charge in [-0.3, -0.25) is 9.59 Å². The van der Waals surface area contributed by atoms with Crippen molar-refractivity contribution in [1.29, 1.82) is 0 Å². The van der Waals surface area contributed by atoms with Crippen LogP contribution in [0.15, 0.2) is 18.2 Å². The van der Waals surface area contributed by atoms with Gasteiger partial charge in [0.15, 0.2) is 6.61 Å². The quantitative estimate of drug-likeness (QED) is 0.787. The summed E-state index contributed by atoms with van der Waals surface area (Å²) in [5.41, 5.74) is 6.91. The van der Waals surface area contributed by atoms with E-state index in [0.717, 1.165) is 12.8 Å². The highest BCUT2D eigenvalue weighted by Crippen LogP contribution is 2.29. The molecule has 0 spiro atoms. The Kier molecular flexibility index (Phi) is 4.81. The van der Waals surface area contributed by atoms with Crippen LogP contribution in [0.5, 0.6) is 5.75 Å². The fraction of sp³-hybridized carbons (Fsp3) is 0.529. The molecule has 2 aliphatic rings. The van der Waals surface area contributed by atoms with Crippen molar-refractivity contribution in [3.05, 3.63) is 23.8 Å². The number of benzene rings is 1. The van der Waals surface area contributed by atoms with Crippen molar-refractivity contribution in [3.8, 4) is 5.75 Å². The minimum Gasteiger partial charge on any atom is -0.482 e. The van der Waals surface area contributed by atoms with Crippen molar-refractivity contribution in [2.75, 3.05) is 18.5 Å². The van der Waals surface area contributed by atoms with Gasteiger partial charge in [-0.15, -0.1) is 0 Å². The molecule has 1 fully saturated rings. The van der Waals surface area contributed by atoms with E-state index in [-0.39, 0.29) is 24.5 Å². The van der Waals surface area contributed by atoms with Gasteiger partial charge in [-0.05, 0) is 37.0 Å². The molecule has 0 aromatic heterocycles. The summed E-state index contributed by atoms with van der Waals surface area (Å²) >= 11 is 0. The van der Waals surface area contributed by atoms with Gasteiger partial charge in [-0.2, -0.15) is 0 Å². The first-order valence-corrected chi connectivity index (χ1v) is 8.25. The smallest absolute Gasteiger partial charge is 0.262 e. The molecular formula is C17H23N3O3. The van der Waals surface area contributed by atoms with Gasteiger partial charge in [0.25, 0.3) is 11.8 Å². The Balaban J connectivity index is 1.69. The molecule has 0 radical (unpaired) electrons. The Morgan fingerprint density at radius 2 is 2.13 bits per heavy atom. The summed E-state index contributed by atoms with van der Waals surface area (Å²) in [6, 6.07) is 5.07. The van der Waals surface area contributed by atoms with E-state index in [0.29, 0.717) is 29.5 Å². The largest absolute Gasteiger partial charge is 0.482 e. The summed E-state index contributed by atoms with van der Waals surface area (Å²) in [5.74, 6) is 0.674. The highest BCUT2D eigenvalue weighted by atomic mass is 16.5.